The molecule has 0 bridgehead atoms. The molecule has 64 valence electrons. The monoisotopic (exact) mass is 172 g/mol. The fraction of sp³-hybridized carbons (Fsp3) is 0.625. The SMILES string of the molecule is CCC/C(C)=C/NC(=S)NC. The van der Waals surface area contributed by atoms with E-state index in [9.17, 15) is 0 Å². The molecule has 0 fully saturated rings. The van der Waals surface area contributed by atoms with Gasteiger partial charge in [-0.2, -0.15) is 0 Å². The van der Waals surface area contributed by atoms with Crippen molar-refractivity contribution in [2.45, 2.75) is 26.7 Å². The molecule has 0 saturated carbocycles. The molecule has 0 heterocycles. The zero-order chi connectivity index (χ0) is 8.69. The van der Waals surface area contributed by atoms with Gasteiger partial charge in [-0.1, -0.05) is 18.9 Å². The Kier molecular flexibility index (Phi) is 5.84. The van der Waals surface area contributed by atoms with Gasteiger partial charge in [-0.3, -0.25) is 0 Å². The van der Waals surface area contributed by atoms with Gasteiger partial charge < -0.3 is 10.6 Å². The summed E-state index contributed by atoms with van der Waals surface area (Å²) in [4.78, 5) is 0. The summed E-state index contributed by atoms with van der Waals surface area (Å²) in [5.74, 6) is 0. The largest absolute Gasteiger partial charge is 0.366 e. The molecule has 0 atom stereocenters. The van der Waals surface area contributed by atoms with Crippen LogP contribution in [0.3, 0.4) is 0 Å². The Labute approximate surface area is 74.1 Å². The lowest BCUT2D eigenvalue weighted by Gasteiger charge is -2.02. The van der Waals surface area contributed by atoms with Gasteiger partial charge in [0.2, 0.25) is 0 Å². The van der Waals surface area contributed by atoms with E-state index in [4.69, 9.17) is 12.2 Å². The van der Waals surface area contributed by atoms with E-state index in [1.165, 1.54) is 12.0 Å². The van der Waals surface area contributed by atoms with E-state index >= 15 is 0 Å². The van der Waals surface area contributed by atoms with E-state index in [0.29, 0.717) is 5.11 Å². The third kappa shape index (κ3) is 5.85. The molecule has 0 aromatic rings. The van der Waals surface area contributed by atoms with Crippen LogP contribution in [0.4, 0.5) is 0 Å². The maximum absolute atomic E-state index is 4.89. The summed E-state index contributed by atoms with van der Waals surface area (Å²) in [7, 11) is 1.80. The summed E-state index contributed by atoms with van der Waals surface area (Å²) in [5.41, 5.74) is 1.32. The van der Waals surface area contributed by atoms with Crippen molar-refractivity contribution < 1.29 is 0 Å². The van der Waals surface area contributed by atoms with E-state index in [-0.39, 0.29) is 0 Å². The van der Waals surface area contributed by atoms with Gasteiger partial charge in [-0.05, 0) is 25.6 Å². The Bertz CT molecular complexity index is 152. The maximum atomic E-state index is 4.89. The molecule has 0 aromatic carbocycles. The van der Waals surface area contributed by atoms with Crippen molar-refractivity contribution in [2.75, 3.05) is 7.05 Å². The minimum atomic E-state index is 0.667. The normalized spacial score (nSPS) is 11.0. The van der Waals surface area contributed by atoms with Gasteiger partial charge in [0.1, 0.15) is 0 Å². The van der Waals surface area contributed by atoms with Crippen LogP contribution in [0.25, 0.3) is 0 Å². The average Bonchev–Trinajstić information content (AvgIpc) is 2.01. The van der Waals surface area contributed by atoms with E-state index < -0.39 is 0 Å². The average molecular weight is 172 g/mol. The highest BCUT2D eigenvalue weighted by Gasteiger charge is 1.87. The fourth-order valence-corrected chi connectivity index (χ4v) is 0.786. The van der Waals surface area contributed by atoms with Crippen LogP contribution in [0.2, 0.25) is 0 Å². The number of nitrogens with one attached hydrogen (secondary N) is 2. The highest BCUT2D eigenvalue weighted by Crippen LogP contribution is 2.00. The highest BCUT2D eigenvalue weighted by molar-refractivity contribution is 7.80. The summed E-state index contributed by atoms with van der Waals surface area (Å²) < 4.78 is 0. The highest BCUT2D eigenvalue weighted by atomic mass is 32.1. The van der Waals surface area contributed by atoms with Gasteiger partial charge in [0.05, 0.1) is 0 Å². The Morgan fingerprint density at radius 3 is 2.64 bits per heavy atom. The van der Waals surface area contributed by atoms with Crippen molar-refractivity contribution in [1.29, 1.82) is 0 Å². The first-order valence-electron chi connectivity index (χ1n) is 3.84. The van der Waals surface area contributed by atoms with Crippen LogP contribution >= 0.6 is 12.2 Å². The molecule has 0 aliphatic heterocycles. The second kappa shape index (κ2) is 6.16. The van der Waals surface area contributed by atoms with E-state index in [0.717, 1.165) is 6.42 Å². The number of rotatable bonds is 3. The minimum Gasteiger partial charge on any atom is -0.366 e. The molecule has 0 unspecified atom stereocenters. The summed E-state index contributed by atoms with van der Waals surface area (Å²) in [5, 5.41) is 6.48. The summed E-state index contributed by atoms with van der Waals surface area (Å²) in [6.07, 6.45) is 4.25. The smallest absolute Gasteiger partial charge is 0.170 e. The molecule has 2 N–H and O–H groups in total. The zero-order valence-corrected chi connectivity index (χ0v) is 8.22. The summed E-state index contributed by atoms with van der Waals surface area (Å²) >= 11 is 4.89. The van der Waals surface area contributed by atoms with Crippen LogP contribution in [0, 0.1) is 0 Å². The van der Waals surface area contributed by atoms with Crippen molar-refractivity contribution in [3.05, 3.63) is 11.8 Å². The minimum absolute atomic E-state index is 0.667. The molecular weight excluding hydrogens is 156 g/mol. The van der Waals surface area contributed by atoms with Gasteiger partial charge in [-0.15, -0.1) is 0 Å². The summed E-state index contributed by atoms with van der Waals surface area (Å²) in [6, 6.07) is 0. The molecule has 3 heteroatoms. The van der Waals surface area contributed by atoms with Crippen molar-refractivity contribution in [3.63, 3.8) is 0 Å². The van der Waals surface area contributed by atoms with Crippen molar-refractivity contribution in [3.8, 4) is 0 Å². The molecule has 0 spiro atoms. The molecule has 0 saturated heterocycles. The Morgan fingerprint density at radius 2 is 2.18 bits per heavy atom. The topological polar surface area (TPSA) is 24.1 Å². The van der Waals surface area contributed by atoms with Crippen LogP contribution in [0.15, 0.2) is 11.8 Å². The lowest BCUT2D eigenvalue weighted by atomic mass is 10.2. The van der Waals surface area contributed by atoms with E-state index in [2.05, 4.69) is 24.5 Å². The number of allylic oxidation sites excluding steroid dienone is 1. The molecule has 11 heavy (non-hydrogen) atoms. The van der Waals surface area contributed by atoms with Crippen LogP contribution in [-0.2, 0) is 0 Å². The molecule has 0 amide bonds. The van der Waals surface area contributed by atoms with E-state index in [1.807, 2.05) is 6.20 Å². The van der Waals surface area contributed by atoms with Gasteiger partial charge in [0.25, 0.3) is 0 Å². The Morgan fingerprint density at radius 1 is 1.55 bits per heavy atom. The summed E-state index contributed by atoms with van der Waals surface area (Å²) in [6.45, 7) is 4.25. The Balaban J connectivity index is 3.63. The molecule has 0 aliphatic carbocycles. The first-order chi connectivity index (χ1) is 5.20. The third-order valence-corrected chi connectivity index (χ3v) is 1.64. The predicted molar refractivity (Wildman–Crippen MR) is 53.5 cm³/mol. The molecule has 0 aliphatic rings. The quantitative estimate of drug-likeness (QED) is 0.635. The van der Waals surface area contributed by atoms with Crippen molar-refractivity contribution in [1.82, 2.24) is 10.6 Å². The van der Waals surface area contributed by atoms with Gasteiger partial charge in [-0.25, -0.2) is 0 Å². The van der Waals surface area contributed by atoms with Crippen LogP contribution in [0.5, 0.6) is 0 Å². The molecule has 2 nitrogen and oxygen atoms in total. The zero-order valence-electron chi connectivity index (χ0n) is 7.40. The third-order valence-electron chi connectivity index (χ3n) is 1.32. The lowest BCUT2D eigenvalue weighted by Crippen LogP contribution is -2.28. The van der Waals surface area contributed by atoms with Gasteiger partial charge in [0, 0.05) is 13.2 Å². The van der Waals surface area contributed by atoms with Crippen molar-refractivity contribution in [2.24, 2.45) is 0 Å². The standard InChI is InChI=1S/C8H16N2S/c1-4-5-7(2)6-10-8(11)9-3/h6H,4-5H2,1-3H3,(H2,9,10,11)/b7-6+. The predicted octanol–water partition coefficient (Wildman–Crippen LogP) is 1.78. The maximum Gasteiger partial charge on any atom is 0.170 e. The second-order valence-corrected chi connectivity index (χ2v) is 2.87. The van der Waals surface area contributed by atoms with Crippen LogP contribution in [0.1, 0.15) is 26.7 Å². The van der Waals surface area contributed by atoms with Gasteiger partial charge >= 0.3 is 0 Å². The molecule has 0 radical (unpaired) electrons. The second-order valence-electron chi connectivity index (χ2n) is 2.46. The number of thiocarbonyl (C=S) groups is 1. The van der Waals surface area contributed by atoms with Crippen LogP contribution < -0.4 is 10.6 Å². The van der Waals surface area contributed by atoms with E-state index in [1.54, 1.807) is 7.05 Å². The fourth-order valence-electron chi connectivity index (χ4n) is 0.727. The van der Waals surface area contributed by atoms with Crippen molar-refractivity contribution >= 4 is 17.3 Å². The number of hydrogen-bond acceptors (Lipinski definition) is 1. The van der Waals surface area contributed by atoms with Crippen LogP contribution in [-0.4, -0.2) is 12.2 Å². The lowest BCUT2D eigenvalue weighted by molar-refractivity contribution is 0.894. The number of hydrogen-bond donors (Lipinski definition) is 2. The first kappa shape index (κ1) is 10.4. The first-order valence-corrected chi connectivity index (χ1v) is 4.25. The molecule has 0 rings (SSSR count). The Hall–Kier alpha value is -0.570. The van der Waals surface area contributed by atoms with Gasteiger partial charge in [0.15, 0.2) is 5.11 Å². The molecule has 0 aromatic heterocycles. The molecular formula is C8H16N2S.